The van der Waals surface area contributed by atoms with Gasteiger partial charge in [0.15, 0.2) is 5.82 Å². The molecule has 0 unspecified atom stereocenters. The lowest BCUT2D eigenvalue weighted by atomic mass is 10.2. The fraction of sp³-hybridized carbons (Fsp3) is 0.333. The third-order valence-corrected chi connectivity index (χ3v) is 3.13. The number of ether oxygens (including phenoxy) is 1. The molecule has 3 rings (SSSR count). The summed E-state index contributed by atoms with van der Waals surface area (Å²) < 4.78 is 24.3. The molecule has 94 valence electrons. The quantitative estimate of drug-likeness (QED) is 0.838. The molecule has 18 heavy (non-hydrogen) atoms. The Balaban J connectivity index is 1.95. The molecule has 6 heteroatoms. The Bertz CT molecular complexity index is 567. The summed E-state index contributed by atoms with van der Waals surface area (Å²) in [6.07, 6.45) is 1.64. The van der Waals surface area contributed by atoms with Gasteiger partial charge >= 0.3 is 0 Å². The first-order valence-electron chi connectivity index (χ1n) is 5.65. The van der Waals surface area contributed by atoms with Crippen LogP contribution >= 0.6 is 11.6 Å². The molecule has 0 aliphatic carbocycles. The van der Waals surface area contributed by atoms with Crippen LogP contribution in [0.1, 0.15) is 24.8 Å². The molecule has 0 saturated carbocycles. The van der Waals surface area contributed by atoms with Gasteiger partial charge in [-0.2, -0.15) is 4.98 Å². The van der Waals surface area contributed by atoms with E-state index in [9.17, 15) is 4.39 Å². The highest BCUT2D eigenvalue weighted by Gasteiger charge is 2.25. The molecule has 2 heterocycles. The van der Waals surface area contributed by atoms with Gasteiger partial charge in [-0.05, 0) is 25.0 Å². The summed E-state index contributed by atoms with van der Waals surface area (Å²) in [7, 11) is 0. The van der Waals surface area contributed by atoms with Crippen LogP contribution in [0.4, 0.5) is 4.39 Å². The molecular formula is C12H10ClFN2O2. The summed E-state index contributed by atoms with van der Waals surface area (Å²) in [5.74, 6) is 0.0428. The molecule has 0 spiro atoms. The molecule has 4 nitrogen and oxygen atoms in total. The highest BCUT2D eigenvalue weighted by atomic mass is 35.5. The Morgan fingerprint density at radius 2 is 2.28 bits per heavy atom. The Hall–Kier alpha value is -1.46. The van der Waals surface area contributed by atoms with Crippen LogP contribution < -0.4 is 0 Å². The predicted molar refractivity (Wildman–Crippen MR) is 62.6 cm³/mol. The summed E-state index contributed by atoms with van der Waals surface area (Å²) in [6, 6.07) is 4.68. The van der Waals surface area contributed by atoms with Gasteiger partial charge in [-0.3, -0.25) is 0 Å². The van der Waals surface area contributed by atoms with Crippen molar-refractivity contribution >= 4 is 11.6 Å². The first-order valence-corrected chi connectivity index (χ1v) is 6.03. The van der Waals surface area contributed by atoms with Crippen molar-refractivity contribution in [3.63, 3.8) is 0 Å². The summed E-state index contributed by atoms with van der Waals surface area (Å²) >= 11 is 5.71. The van der Waals surface area contributed by atoms with Gasteiger partial charge in [-0.1, -0.05) is 22.8 Å². The first kappa shape index (κ1) is 11.6. The van der Waals surface area contributed by atoms with Gasteiger partial charge in [0.2, 0.25) is 5.82 Å². The number of aromatic nitrogens is 2. The van der Waals surface area contributed by atoms with Gasteiger partial charge in [-0.15, -0.1) is 0 Å². The molecule has 0 bridgehead atoms. The minimum atomic E-state index is -0.543. The summed E-state index contributed by atoms with van der Waals surface area (Å²) in [4.78, 5) is 4.16. The SMILES string of the molecule is Fc1c(Cl)cccc1-c1noc([C@H]2CCCO2)n1. The highest BCUT2D eigenvalue weighted by Crippen LogP contribution is 2.30. The standard InChI is InChI=1S/C12H10ClFN2O2/c13-8-4-1-3-7(10(8)14)11-15-12(18-16-11)9-5-2-6-17-9/h1,3-4,9H,2,5-6H2/t9-/m1/s1. The zero-order valence-corrected chi connectivity index (χ0v) is 10.2. The number of hydrogen-bond donors (Lipinski definition) is 0. The van der Waals surface area contributed by atoms with E-state index in [1.165, 1.54) is 6.07 Å². The van der Waals surface area contributed by atoms with Crippen molar-refractivity contribution in [1.82, 2.24) is 10.1 Å². The maximum absolute atomic E-state index is 13.8. The van der Waals surface area contributed by atoms with E-state index in [-0.39, 0.29) is 22.5 Å². The van der Waals surface area contributed by atoms with E-state index in [4.69, 9.17) is 20.9 Å². The van der Waals surface area contributed by atoms with Crippen molar-refractivity contribution in [3.05, 3.63) is 34.9 Å². The highest BCUT2D eigenvalue weighted by molar-refractivity contribution is 6.31. The van der Waals surface area contributed by atoms with Gasteiger partial charge in [0, 0.05) is 6.61 Å². The average Bonchev–Trinajstić information content (AvgIpc) is 3.01. The van der Waals surface area contributed by atoms with Crippen LogP contribution in [0.2, 0.25) is 5.02 Å². The molecule has 1 atom stereocenters. The third kappa shape index (κ3) is 2.00. The van der Waals surface area contributed by atoms with E-state index in [0.717, 1.165) is 12.8 Å². The second-order valence-corrected chi connectivity index (χ2v) is 4.47. The van der Waals surface area contributed by atoms with Crippen molar-refractivity contribution in [3.8, 4) is 11.4 Å². The molecule has 1 aromatic carbocycles. The Morgan fingerprint density at radius 3 is 3.06 bits per heavy atom. The third-order valence-electron chi connectivity index (χ3n) is 2.84. The summed E-state index contributed by atoms with van der Waals surface area (Å²) in [6.45, 7) is 0.688. The van der Waals surface area contributed by atoms with Crippen molar-refractivity contribution < 1.29 is 13.7 Å². The predicted octanol–water partition coefficient (Wildman–Crippen LogP) is 3.38. The van der Waals surface area contributed by atoms with Crippen LogP contribution in [0.3, 0.4) is 0 Å². The van der Waals surface area contributed by atoms with Crippen LogP contribution in [0.25, 0.3) is 11.4 Å². The molecule has 1 saturated heterocycles. The van der Waals surface area contributed by atoms with Crippen LogP contribution in [-0.2, 0) is 4.74 Å². The maximum atomic E-state index is 13.8. The van der Waals surface area contributed by atoms with Crippen LogP contribution in [0.5, 0.6) is 0 Å². The number of nitrogens with zero attached hydrogens (tertiary/aromatic N) is 2. The number of benzene rings is 1. The fourth-order valence-corrected chi connectivity index (χ4v) is 2.10. The fourth-order valence-electron chi connectivity index (χ4n) is 1.92. The molecule has 0 radical (unpaired) electrons. The molecule has 1 aliphatic heterocycles. The lowest BCUT2D eigenvalue weighted by molar-refractivity contribution is 0.0835. The lowest BCUT2D eigenvalue weighted by Gasteiger charge is -2.01. The molecule has 1 aromatic heterocycles. The minimum absolute atomic E-state index is 0.0379. The van der Waals surface area contributed by atoms with Crippen LogP contribution in [0, 0.1) is 5.82 Å². The first-order chi connectivity index (χ1) is 8.75. The van der Waals surface area contributed by atoms with Gasteiger partial charge < -0.3 is 9.26 Å². The van der Waals surface area contributed by atoms with Crippen molar-refractivity contribution in [2.75, 3.05) is 6.61 Å². The molecule has 1 aliphatic rings. The topological polar surface area (TPSA) is 48.2 Å². The number of hydrogen-bond acceptors (Lipinski definition) is 4. The Kier molecular flexibility index (Phi) is 3.01. The molecule has 0 N–H and O–H groups in total. The monoisotopic (exact) mass is 268 g/mol. The lowest BCUT2D eigenvalue weighted by Crippen LogP contribution is -1.96. The normalized spacial score (nSPS) is 19.3. The van der Waals surface area contributed by atoms with Crippen LogP contribution in [0.15, 0.2) is 22.7 Å². The molecule has 0 amide bonds. The van der Waals surface area contributed by atoms with Crippen molar-refractivity contribution in [1.29, 1.82) is 0 Å². The van der Waals surface area contributed by atoms with Crippen LogP contribution in [-0.4, -0.2) is 16.7 Å². The zero-order chi connectivity index (χ0) is 12.5. The average molecular weight is 269 g/mol. The largest absolute Gasteiger partial charge is 0.368 e. The smallest absolute Gasteiger partial charge is 0.256 e. The molecular weight excluding hydrogens is 259 g/mol. The van der Waals surface area contributed by atoms with Gasteiger partial charge in [0.1, 0.15) is 6.10 Å². The molecule has 1 fully saturated rings. The molecule has 2 aromatic rings. The van der Waals surface area contributed by atoms with Crippen molar-refractivity contribution in [2.45, 2.75) is 18.9 Å². The van der Waals surface area contributed by atoms with E-state index >= 15 is 0 Å². The van der Waals surface area contributed by atoms with E-state index in [1.807, 2.05) is 0 Å². The van der Waals surface area contributed by atoms with Gasteiger partial charge in [0.25, 0.3) is 5.89 Å². The Labute approximate surface area is 108 Å². The van der Waals surface area contributed by atoms with E-state index in [2.05, 4.69) is 10.1 Å². The van der Waals surface area contributed by atoms with Gasteiger partial charge in [0.05, 0.1) is 10.6 Å². The number of rotatable bonds is 2. The van der Waals surface area contributed by atoms with E-state index < -0.39 is 5.82 Å². The summed E-state index contributed by atoms with van der Waals surface area (Å²) in [5, 5.41) is 3.81. The summed E-state index contributed by atoms with van der Waals surface area (Å²) in [5.41, 5.74) is 0.232. The van der Waals surface area contributed by atoms with E-state index in [0.29, 0.717) is 12.5 Å². The minimum Gasteiger partial charge on any atom is -0.368 e. The van der Waals surface area contributed by atoms with Gasteiger partial charge in [-0.25, -0.2) is 4.39 Å². The number of halogens is 2. The van der Waals surface area contributed by atoms with Crippen molar-refractivity contribution in [2.24, 2.45) is 0 Å². The zero-order valence-electron chi connectivity index (χ0n) is 9.40. The Morgan fingerprint density at radius 1 is 1.39 bits per heavy atom. The maximum Gasteiger partial charge on any atom is 0.256 e. The second kappa shape index (κ2) is 4.66. The van der Waals surface area contributed by atoms with E-state index in [1.54, 1.807) is 12.1 Å². The second-order valence-electron chi connectivity index (χ2n) is 4.06.